The molecule has 1 amide bonds. The van der Waals surface area contributed by atoms with Crippen LogP contribution in [-0.4, -0.2) is 32.1 Å². The Labute approximate surface area is 199 Å². The molecule has 33 heavy (non-hydrogen) atoms. The first-order valence-corrected chi connectivity index (χ1v) is 12.5. The van der Waals surface area contributed by atoms with Crippen molar-refractivity contribution in [1.82, 2.24) is 19.7 Å². The maximum atomic E-state index is 13.9. The van der Waals surface area contributed by atoms with Gasteiger partial charge in [-0.15, -0.1) is 27.8 Å². The largest absolute Gasteiger partial charge is 0.323 e. The second kappa shape index (κ2) is 8.42. The molecule has 0 saturated heterocycles. The van der Waals surface area contributed by atoms with Crippen LogP contribution in [0, 0.1) is 0 Å². The van der Waals surface area contributed by atoms with Crippen molar-refractivity contribution >= 4 is 28.6 Å². The van der Waals surface area contributed by atoms with Crippen LogP contribution in [0.25, 0.3) is 17.1 Å². The SMILES string of the molecule is O=C(c1nc(-c2ccccc2)n(-c2ccccc2)n1)N1CCc2sccc2C1c1cccs1. The molecular weight excluding hydrogens is 448 g/mol. The summed E-state index contributed by atoms with van der Waals surface area (Å²) in [5.74, 6) is 0.737. The summed E-state index contributed by atoms with van der Waals surface area (Å²) >= 11 is 3.45. The fourth-order valence-electron chi connectivity index (χ4n) is 4.34. The van der Waals surface area contributed by atoms with Crippen molar-refractivity contribution in [2.45, 2.75) is 12.5 Å². The maximum Gasteiger partial charge on any atom is 0.294 e. The predicted octanol–water partition coefficient (Wildman–Crippen LogP) is 5.85. The number of hydrogen-bond acceptors (Lipinski definition) is 5. The summed E-state index contributed by atoms with van der Waals surface area (Å²) in [6.07, 6.45) is 0.853. The van der Waals surface area contributed by atoms with E-state index < -0.39 is 0 Å². The van der Waals surface area contributed by atoms with E-state index in [9.17, 15) is 4.79 Å². The molecule has 2 aromatic carbocycles. The number of aromatic nitrogens is 3. The lowest BCUT2D eigenvalue weighted by Gasteiger charge is -2.34. The lowest BCUT2D eigenvalue weighted by molar-refractivity contribution is 0.0686. The second-order valence-electron chi connectivity index (χ2n) is 7.84. The van der Waals surface area contributed by atoms with E-state index in [1.54, 1.807) is 27.4 Å². The Bertz CT molecular complexity index is 1330. The standard InChI is InChI=1S/C26H20N4OS2/c31-26(29-15-13-21-20(14-17-33-21)23(29)22-12-7-16-32-22)24-27-25(18-8-3-1-4-9-18)30(28-24)19-10-5-2-6-11-19/h1-12,14,16-17,23H,13,15H2. The Kier molecular flexibility index (Phi) is 5.13. The summed E-state index contributed by atoms with van der Waals surface area (Å²) in [6.45, 7) is 0.648. The Balaban J connectivity index is 1.45. The van der Waals surface area contributed by atoms with Gasteiger partial charge in [-0.3, -0.25) is 4.79 Å². The highest BCUT2D eigenvalue weighted by Gasteiger charge is 2.35. The molecule has 1 aliphatic rings. The van der Waals surface area contributed by atoms with E-state index in [-0.39, 0.29) is 17.8 Å². The van der Waals surface area contributed by atoms with Crippen LogP contribution in [-0.2, 0) is 6.42 Å². The van der Waals surface area contributed by atoms with Crippen LogP contribution in [0.15, 0.2) is 89.6 Å². The summed E-state index contributed by atoms with van der Waals surface area (Å²) in [6, 6.07) is 25.9. The van der Waals surface area contributed by atoms with Gasteiger partial charge in [0.1, 0.15) is 0 Å². The number of rotatable bonds is 4. The van der Waals surface area contributed by atoms with Crippen LogP contribution in [0.5, 0.6) is 0 Å². The molecule has 0 fully saturated rings. The number of carbonyl (C=O) groups is 1. The molecule has 7 heteroatoms. The third kappa shape index (κ3) is 3.59. The topological polar surface area (TPSA) is 51.0 Å². The second-order valence-corrected chi connectivity index (χ2v) is 9.82. The van der Waals surface area contributed by atoms with Crippen LogP contribution in [0.2, 0.25) is 0 Å². The summed E-state index contributed by atoms with van der Waals surface area (Å²) < 4.78 is 1.77. The third-order valence-corrected chi connectivity index (χ3v) is 7.79. The molecule has 3 aromatic heterocycles. The molecule has 0 radical (unpaired) electrons. The quantitative estimate of drug-likeness (QED) is 0.333. The first kappa shape index (κ1) is 20.1. The minimum Gasteiger partial charge on any atom is -0.323 e. The summed E-state index contributed by atoms with van der Waals surface area (Å²) in [5.41, 5.74) is 3.01. The van der Waals surface area contributed by atoms with Gasteiger partial charge in [-0.1, -0.05) is 54.6 Å². The van der Waals surface area contributed by atoms with E-state index in [0.717, 1.165) is 22.5 Å². The van der Waals surface area contributed by atoms with Crippen LogP contribution in [0.1, 0.15) is 32.0 Å². The van der Waals surface area contributed by atoms with Crippen LogP contribution in [0.4, 0.5) is 0 Å². The van der Waals surface area contributed by atoms with Crippen molar-refractivity contribution in [3.8, 4) is 17.1 Å². The smallest absolute Gasteiger partial charge is 0.294 e. The van der Waals surface area contributed by atoms with Gasteiger partial charge in [0, 0.05) is 21.9 Å². The zero-order valence-corrected chi connectivity index (χ0v) is 19.3. The monoisotopic (exact) mass is 468 g/mol. The van der Waals surface area contributed by atoms with Crippen LogP contribution >= 0.6 is 22.7 Å². The average Bonchev–Trinajstić information content (AvgIpc) is 3.65. The first-order valence-electron chi connectivity index (χ1n) is 10.8. The first-order chi connectivity index (χ1) is 16.3. The maximum absolute atomic E-state index is 13.9. The number of thiophene rings is 2. The van der Waals surface area contributed by atoms with Crippen molar-refractivity contribution < 1.29 is 4.79 Å². The highest BCUT2D eigenvalue weighted by Crippen LogP contribution is 2.40. The summed E-state index contributed by atoms with van der Waals surface area (Å²) in [4.78, 5) is 23.1. The van der Waals surface area contributed by atoms with Crippen LogP contribution < -0.4 is 0 Å². The number of para-hydroxylation sites is 1. The Hall–Kier alpha value is -3.55. The minimum atomic E-state index is -0.142. The van der Waals surface area contributed by atoms with Gasteiger partial charge in [-0.2, -0.15) is 0 Å². The van der Waals surface area contributed by atoms with Gasteiger partial charge >= 0.3 is 0 Å². The van der Waals surface area contributed by atoms with Crippen LogP contribution in [0.3, 0.4) is 0 Å². The molecule has 5 aromatic rings. The zero-order valence-electron chi connectivity index (χ0n) is 17.7. The van der Waals surface area contributed by atoms with E-state index in [4.69, 9.17) is 10.1 Å². The van der Waals surface area contributed by atoms with Crippen molar-refractivity contribution in [2.75, 3.05) is 6.54 Å². The molecule has 0 saturated carbocycles. The van der Waals surface area contributed by atoms with E-state index in [0.29, 0.717) is 12.4 Å². The number of benzene rings is 2. The molecule has 1 aliphatic heterocycles. The van der Waals surface area contributed by atoms with E-state index in [2.05, 4.69) is 22.9 Å². The lowest BCUT2D eigenvalue weighted by Crippen LogP contribution is -2.40. The molecule has 0 N–H and O–H groups in total. The number of fused-ring (bicyclic) bond motifs is 1. The zero-order chi connectivity index (χ0) is 22.2. The number of nitrogens with zero attached hydrogens (tertiary/aromatic N) is 4. The molecule has 1 unspecified atom stereocenters. The molecule has 0 aliphatic carbocycles. The molecule has 6 rings (SSSR count). The predicted molar refractivity (Wildman–Crippen MR) is 132 cm³/mol. The minimum absolute atomic E-state index is 0.101. The Morgan fingerprint density at radius 1 is 0.879 bits per heavy atom. The highest BCUT2D eigenvalue weighted by molar-refractivity contribution is 7.10. The van der Waals surface area contributed by atoms with E-state index in [1.165, 1.54) is 10.4 Å². The summed E-state index contributed by atoms with van der Waals surface area (Å²) in [7, 11) is 0. The van der Waals surface area contributed by atoms with E-state index >= 15 is 0 Å². The van der Waals surface area contributed by atoms with Gasteiger partial charge in [0.15, 0.2) is 5.82 Å². The average molecular weight is 469 g/mol. The Morgan fingerprint density at radius 3 is 2.42 bits per heavy atom. The van der Waals surface area contributed by atoms with Gasteiger partial charge in [0.05, 0.1) is 11.7 Å². The fraction of sp³-hybridized carbons (Fsp3) is 0.115. The molecule has 0 bridgehead atoms. The molecule has 0 spiro atoms. The van der Waals surface area contributed by atoms with Gasteiger partial charge in [-0.05, 0) is 47.0 Å². The van der Waals surface area contributed by atoms with Gasteiger partial charge in [0.25, 0.3) is 5.91 Å². The molecular formula is C26H20N4OS2. The molecule has 5 nitrogen and oxygen atoms in total. The van der Waals surface area contributed by atoms with Gasteiger partial charge in [0.2, 0.25) is 5.82 Å². The van der Waals surface area contributed by atoms with Gasteiger partial charge < -0.3 is 4.90 Å². The van der Waals surface area contributed by atoms with E-state index in [1.807, 2.05) is 71.6 Å². The number of amides is 1. The molecule has 4 heterocycles. The molecule has 162 valence electrons. The van der Waals surface area contributed by atoms with Crippen molar-refractivity contribution in [1.29, 1.82) is 0 Å². The van der Waals surface area contributed by atoms with Crippen molar-refractivity contribution in [2.24, 2.45) is 0 Å². The number of hydrogen-bond donors (Lipinski definition) is 0. The highest BCUT2D eigenvalue weighted by atomic mass is 32.1. The normalized spacial score (nSPS) is 15.4. The summed E-state index contributed by atoms with van der Waals surface area (Å²) in [5, 5.41) is 8.90. The number of carbonyl (C=O) groups excluding carboxylic acids is 1. The lowest BCUT2D eigenvalue weighted by atomic mass is 9.98. The van der Waals surface area contributed by atoms with Crippen molar-refractivity contribution in [3.63, 3.8) is 0 Å². The van der Waals surface area contributed by atoms with Gasteiger partial charge in [-0.25, -0.2) is 9.67 Å². The molecule has 1 atom stereocenters. The Morgan fingerprint density at radius 2 is 1.67 bits per heavy atom. The fourth-order valence-corrected chi connectivity index (χ4v) is 6.10. The third-order valence-electron chi connectivity index (χ3n) is 5.87. The van der Waals surface area contributed by atoms with Crippen molar-refractivity contribution in [3.05, 3.63) is 111 Å².